The third-order valence-corrected chi connectivity index (χ3v) is 8.24. The van der Waals surface area contributed by atoms with Gasteiger partial charge in [0.25, 0.3) is 5.91 Å². The molecular weight excluding hydrogens is 460 g/mol. The number of hydrogen-bond donors (Lipinski definition) is 1. The third kappa shape index (κ3) is 6.15. The second-order valence-corrected chi connectivity index (χ2v) is 10.7. The first-order valence-corrected chi connectivity index (χ1v) is 13.9. The number of hydrogen-bond acceptors (Lipinski definition) is 6. The van der Waals surface area contributed by atoms with Gasteiger partial charge < -0.3 is 24.4 Å². The quantitative estimate of drug-likeness (QED) is 0.605. The maximum atomic E-state index is 13.5. The summed E-state index contributed by atoms with van der Waals surface area (Å²) in [5.74, 6) is 0.508. The van der Waals surface area contributed by atoms with Crippen LogP contribution < -0.4 is 0 Å². The largest absolute Gasteiger partial charge is 0.459 e. The van der Waals surface area contributed by atoms with E-state index in [9.17, 15) is 9.90 Å². The highest BCUT2D eigenvalue weighted by Crippen LogP contribution is 2.34. The van der Waals surface area contributed by atoms with Crippen LogP contribution in [-0.2, 0) is 27.5 Å². The topological polar surface area (TPSA) is 62.2 Å². The van der Waals surface area contributed by atoms with Crippen molar-refractivity contribution in [2.24, 2.45) is 0 Å². The molecule has 0 aliphatic carbocycles. The molecular formula is C28H36N2O4S. The highest BCUT2D eigenvalue weighted by atomic mass is 32.1. The Labute approximate surface area is 212 Å². The Morgan fingerprint density at radius 2 is 1.77 bits per heavy atom. The van der Waals surface area contributed by atoms with Crippen molar-refractivity contribution in [3.63, 3.8) is 0 Å². The van der Waals surface area contributed by atoms with Gasteiger partial charge in [0, 0.05) is 31.5 Å². The summed E-state index contributed by atoms with van der Waals surface area (Å²) < 4.78 is 12.3. The average Bonchev–Trinajstić information content (AvgIpc) is 3.48. The molecule has 35 heavy (non-hydrogen) atoms. The first kappa shape index (κ1) is 24.5. The number of amides is 1. The first-order valence-electron chi connectivity index (χ1n) is 12.9. The molecule has 0 radical (unpaired) electrons. The van der Waals surface area contributed by atoms with Crippen molar-refractivity contribution < 1.29 is 19.4 Å². The Hall–Kier alpha value is -2.19. The summed E-state index contributed by atoms with van der Waals surface area (Å²) in [7, 11) is 0. The molecule has 2 aromatic rings. The van der Waals surface area contributed by atoms with Crippen LogP contribution in [0.2, 0.25) is 0 Å². The standard InChI is InChI=1S/C28H36N2O4S/c31-18-21-4-6-22(7-5-21)19-33-27-17-24(23-10-15-35-20-23)16-26(34-27)28(32)30-13-8-25(9-14-30)29-11-2-1-3-12-29/h4-7,10,15-16,20,24-25,27,31H,1-3,8-9,11-14,17-19H2/t24-,27+/m0/s1. The van der Waals surface area contributed by atoms with Gasteiger partial charge in [-0.05, 0) is 78.4 Å². The van der Waals surface area contributed by atoms with Crippen molar-refractivity contribution in [1.82, 2.24) is 9.80 Å². The number of nitrogens with zero attached hydrogens (tertiary/aromatic N) is 2. The van der Waals surface area contributed by atoms with Gasteiger partial charge in [-0.1, -0.05) is 30.7 Å². The number of likely N-dealkylation sites (tertiary alicyclic amines) is 2. The second-order valence-electron chi connectivity index (χ2n) is 9.88. The normalized spacial score (nSPS) is 24.1. The van der Waals surface area contributed by atoms with Crippen LogP contribution in [0.15, 0.2) is 52.9 Å². The highest BCUT2D eigenvalue weighted by Gasteiger charge is 2.34. The van der Waals surface area contributed by atoms with E-state index >= 15 is 0 Å². The lowest BCUT2D eigenvalue weighted by atomic mass is 9.94. The molecule has 3 aliphatic heterocycles. The fraction of sp³-hybridized carbons (Fsp3) is 0.536. The van der Waals surface area contributed by atoms with Crippen LogP contribution in [0.25, 0.3) is 0 Å². The van der Waals surface area contributed by atoms with E-state index in [0.29, 0.717) is 24.8 Å². The number of aliphatic hydroxyl groups is 1. The molecule has 2 saturated heterocycles. The molecule has 2 atom stereocenters. The number of thiophene rings is 1. The van der Waals surface area contributed by atoms with Gasteiger partial charge >= 0.3 is 0 Å². The SMILES string of the molecule is O=C(C1=C[C@H](c2ccsc2)C[C@H](OCc2ccc(CO)cc2)O1)N1CCC(N2CCCCC2)CC1. The maximum absolute atomic E-state index is 13.5. The fourth-order valence-electron chi connectivity index (χ4n) is 5.43. The Morgan fingerprint density at radius 1 is 1.03 bits per heavy atom. The van der Waals surface area contributed by atoms with Crippen molar-refractivity contribution in [3.8, 4) is 0 Å². The van der Waals surface area contributed by atoms with Gasteiger partial charge in [-0.3, -0.25) is 4.79 Å². The van der Waals surface area contributed by atoms with Gasteiger partial charge in [0.05, 0.1) is 13.2 Å². The van der Waals surface area contributed by atoms with Crippen molar-refractivity contribution in [1.29, 1.82) is 0 Å². The summed E-state index contributed by atoms with van der Waals surface area (Å²) in [5.41, 5.74) is 3.09. The van der Waals surface area contributed by atoms with Crippen LogP contribution in [0.4, 0.5) is 0 Å². The minimum atomic E-state index is -0.479. The number of aliphatic hydroxyl groups excluding tert-OH is 1. The van der Waals surface area contributed by atoms with Crippen LogP contribution >= 0.6 is 11.3 Å². The van der Waals surface area contributed by atoms with Crippen molar-refractivity contribution in [3.05, 3.63) is 69.6 Å². The zero-order valence-electron chi connectivity index (χ0n) is 20.3. The smallest absolute Gasteiger partial charge is 0.288 e. The lowest BCUT2D eigenvalue weighted by Gasteiger charge is -2.40. The summed E-state index contributed by atoms with van der Waals surface area (Å²) in [5, 5.41) is 13.5. The summed E-state index contributed by atoms with van der Waals surface area (Å²) in [6, 6.07) is 10.4. The zero-order valence-corrected chi connectivity index (χ0v) is 21.1. The Bertz CT molecular complexity index is 977. The molecule has 0 saturated carbocycles. The number of carbonyl (C=O) groups is 1. The number of benzene rings is 1. The summed E-state index contributed by atoms with van der Waals surface area (Å²) in [4.78, 5) is 18.1. The molecule has 4 heterocycles. The Kier molecular flexibility index (Phi) is 8.19. The Balaban J connectivity index is 1.22. The molecule has 2 fully saturated rings. The molecule has 6 nitrogen and oxygen atoms in total. The van der Waals surface area contributed by atoms with E-state index in [-0.39, 0.29) is 18.4 Å². The molecule has 5 rings (SSSR count). The minimum absolute atomic E-state index is 0.0112. The maximum Gasteiger partial charge on any atom is 0.288 e. The van der Waals surface area contributed by atoms with E-state index in [0.717, 1.165) is 37.1 Å². The van der Waals surface area contributed by atoms with Gasteiger partial charge in [0.1, 0.15) is 0 Å². The van der Waals surface area contributed by atoms with Gasteiger partial charge in [-0.25, -0.2) is 0 Å². The minimum Gasteiger partial charge on any atom is -0.459 e. The van der Waals surface area contributed by atoms with Crippen LogP contribution in [0, 0.1) is 0 Å². The van der Waals surface area contributed by atoms with Crippen LogP contribution in [0.5, 0.6) is 0 Å². The molecule has 7 heteroatoms. The van der Waals surface area contributed by atoms with Gasteiger partial charge in [0.2, 0.25) is 6.29 Å². The van der Waals surface area contributed by atoms with E-state index < -0.39 is 6.29 Å². The monoisotopic (exact) mass is 496 g/mol. The number of piperidine rings is 2. The van der Waals surface area contributed by atoms with Gasteiger partial charge in [0.15, 0.2) is 5.76 Å². The number of carbonyl (C=O) groups excluding carboxylic acids is 1. The van der Waals surface area contributed by atoms with Gasteiger partial charge in [-0.2, -0.15) is 11.3 Å². The van der Waals surface area contributed by atoms with Crippen LogP contribution in [0.1, 0.15) is 61.1 Å². The van der Waals surface area contributed by atoms with E-state index in [1.54, 1.807) is 11.3 Å². The van der Waals surface area contributed by atoms with Crippen LogP contribution in [0.3, 0.4) is 0 Å². The average molecular weight is 497 g/mol. The lowest BCUT2D eigenvalue weighted by molar-refractivity contribution is -0.157. The zero-order chi connectivity index (χ0) is 24.0. The van der Waals surface area contributed by atoms with Crippen LogP contribution in [-0.4, -0.2) is 59.3 Å². The van der Waals surface area contributed by atoms with Gasteiger partial charge in [-0.15, -0.1) is 0 Å². The third-order valence-electron chi connectivity index (χ3n) is 7.54. The highest BCUT2D eigenvalue weighted by molar-refractivity contribution is 7.08. The number of rotatable bonds is 7. The van der Waals surface area contributed by atoms with Crippen molar-refractivity contribution in [2.75, 3.05) is 26.2 Å². The summed E-state index contributed by atoms with van der Waals surface area (Å²) in [6.45, 7) is 4.41. The second kappa shape index (κ2) is 11.7. The van der Waals surface area contributed by atoms with E-state index in [1.165, 1.54) is 37.9 Å². The lowest BCUT2D eigenvalue weighted by Crippen LogP contribution is -2.49. The van der Waals surface area contributed by atoms with E-state index in [2.05, 4.69) is 21.7 Å². The molecule has 1 aromatic heterocycles. The molecule has 1 aromatic carbocycles. The molecule has 0 unspecified atom stereocenters. The van der Waals surface area contributed by atoms with Crippen molar-refractivity contribution in [2.45, 2.75) is 70.0 Å². The fourth-order valence-corrected chi connectivity index (χ4v) is 6.16. The molecule has 3 aliphatic rings. The summed E-state index contributed by atoms with van der Waals surface area (Å²) in [6.07, 6.45) is 8.23. The predicted octanol–water partition coefficient (Wildman–Crippen LogP) is 4.65. The molecule has 0 spiro atoms. The van der Waals surface area contributed by atoms with Crippen molar-refractivity contribution >= 4 is 17.2 Å². The van der Waals surface area contributed by atoms with E-state index in [1.807, 2.05) is 35.2 Å². The number of ether oxygens (including phenoxy) is 2. The Morgan fingerprint density at radius 3 is 2.46 bits per heavy atom. The number of allylic oxidation sites excluding steroid dienone is 1. The molecule has 1 N–H and O–H groups in total. The summed E-state index contributed by atoms with van der Waals surface area (Å²) >= 11 is 1.67. The first-order chi connectivity index (χ1) is 17.2. The molecule has 0 bridgehead atoms. The molecule has 1 amide bonds. The van der Waals surface area contributed by atoms with E-state index in [4.69, 9.17) is 9.47 Å². The molecule has 188 valence electrons. The predicted molar refractivity (Wildman–Crippen MR) is 137 cm³/mol.